The predicted molar refractivity (Wildman–Crippen MR) is 110 cm³/mol. The highest BCUT2D eigenvalue weighted by Gasteiger charge is 2.16. The highest BCUT2D eigenvalue weighted by Crippen LogP contribution is 2.25. The van der Waals surface area contributed by atoms with Crippen LogP contribution < -0.4 is 0 Å². The summed E-state index contributed by atoms with van der Waals surface area (Å²) in [7, 11) is 0. The molecule has 0 amide bonds. The normalized spacial score (nSPS) is 11.0. The molecule has 0 atom stereocenters. The molecule has 6 nitrogen and oxygen atoms in total. The second-order valence-electron chi connectivity index (χ2n) is 6.58. The van der Waals surface area contributed by atoms with Crippen molar-refractivity contribution >= 4 is 27.9 Å². The topological polar surface area (TPSA) is 69.9 Å². The molecule has 0 aliphatic carbocycles. The standard InChI is InChI=1S/C23H16N4O2/c28-23(29-15-27-22-13-7-6-12-20(22)25-26-27)18-14-21(16-8-2-1-3-9-16)24-19-11-5-4-10-17(18)19/h1-14H,15H2. The minimum Gasteiger partial charge on any atom is -0.439 e. The Morgan fingerprint density at radius 3 is 2.45 bits per heavy atom. The molecule has 0 N–H and O–H groups in total. The van der Waals surface area contributed by atoms with Crippen molar-refractivity contribution in [3.05, 3.63) is 90.5 Å². The number of para-hydroxylation sites is 2. The molecule has 0 aliphatic rings. The summed E-state index contributed by atoms with van der Waals surface area (Å²) in [5.74, 6) is -0.430. The number of rotatable bonds is 4. The Kier molecular flexibility index (Phi) is 4.22. The molecule has 0 radical (unpaired) electrons. The van der Waals surface area contributed by atoms with Crippen molar-refractivity contribution in [3.8, 4) is 11.3 Å². The molecular formula is C23H16N4O2. The number of carbonyl (C=O) groups excluding carboxylic acids is 1. The molecule has 0 aliphatic heterocycles. The van der Waals surface area contributed by atoms with Gasteiger partial charge in [-0.25, -0.2) is 14.5 Å². The smallest absolute Gasteiger partial charge is 0.340 e. The van der Waals surface area contributed by atoms with Crippen molar-refractivity contribution in [2.24, 2.45) is 0 Å². The van der Waals surface area contributed by atoms with Crippen molar-refractivity contribution in [1.29, 1.82) is 0 Å². The number of hydrogen-bond donors (Lipinski definition) is 0. The van der Waals surface area contributed by atoms with Gasteiger partial charge in [-0.05, 0) is 24.3 Å². The molecule has 5 rings (SSSR count). The molecule has 3 aromatic carbocycles. The zero-order chi connectivity index (χ0) is 19.6. The summed E-state index contributed by atoms with van der Waals surface area (Å²) in [6.45, 7) is -0.0172. The Morgan fingerprint density at radius 2 is 1.59 bits per heavy atom. The fourth-order valence-electron chi connectivity index (χ4n) is 3.31. The SMILES string of the molecule is O=C(OCn1nnc2ccccc21)c1cc(-c2ccccc2)nc2ccccc12. The van der Waals surface area contributed by atoms with Crippen LogP contribution in [0.15, 0.2) is 84.9 Å². The quantitative estimate of drug-likeness (QED) is 0.431. The summed E-state index contributed by atoms with van der Waals surface area (Å²) in [6.07, 6.45) is 0. The lowest BCUT2D eigenvalue weighted by molar-refractivity contribution is 0.0357. The molecule has 0 saturated heterocycles. The lowest BCUT2D eigenvalue weighted by atomic mass is 10.0. The molecule has 6 heteroatoms. The molecule has 0 fully saturated rings. The number of carbonyl (C=O) groups is 1. The highest BCUT2D eigenvalue weighted by molar-refractivity contribution is 6.04. The first kappa shape index (κ1) is 17.1. The molecule has 0 bridgehead atoms. The second-order valence-corrected chi connectivity index (χ2v) is 6.58. The number of fused-ring (bicyclic) bond motifs is 2. The van der Waals surface area contributed by atoms with Crippen molar-refractivity contribution in [1.82, 2.24) is 20.0 Å². The number of esters is 1. The van der Waals surface area contributed by atoms with Gasteiger partial charge in [-0.3, -0.25) is 0 Å². The van der Waals surface area contributed by atoms with Crippen LogP contribution >= 0.6 is 0 Å². The maximum absolute atomic E-state index is 13.0. The molecule has 5 aromatic rings. The number of hydrogen-bond acceptors (Lipinski definition) is 5. The number of benzene rings is 3. The maximum atomic E-state index is 13.0. The average Bonchev–Trinajstić information content (AvgIpc) is 3.20. The van der Waals surface area contributed by atoms with Crippen LogP contribution in [0.4, 0.5) is 0 Å². The largest absolute Gasteiger partial charge is 0.439 e. The van der Waals surface area contributed by atoms with E-state index >= 15 is 0 Å². The molecule has 0 saturated carbocycles. The Hall–Kier alpha value is -4.06. The average molecular weight is 380 g/mol. The molecule has 140 valence electrons. The Balaban J connectivity index is 1.50. The van der Waals surface area contributed by atoms with Gasteiger partial charge in [0.15, 0.2) is 6.73 Å². The predicted octanol–water partition coefficient (Wildman–Crippen LogP) is 4.46. The summed E-state index contributed by atoms with van der Waals surface area (Å²) < 4.78 is 7.14. The third-order valence-corrected chi connectivity index (χ3v) is 4.74. The number of nitrogens with zero attached hydrogens (tertiary/aromatic N) is 4. The van der Waals surface area contributed by atoms with Gasteiger partial charge in [-0.2, -0.15) is 0 Å². The summed E-state index contributed by atoms with van der Waals surface area (Å²) in [5, 5.41) is 8.90. The minimum absolute atomic E-state index is 0.0172. The van der Waals surface area contributed by atoms with Gasteiger partial charge < -0.3 is 4.74 Å². The van der Waals surface area contributed by atoms with Gasteiger partial charge in [0.2, 0.25) is 0 Å². The van der Waals surface area contributed by atoms with E-state index in [0.29, 0.717) is 5.56 Å². The van der Waals surface area contributed by atoms with E-state index in [1.54, 1.807) is 10.7 Å². The van der Waals surface area contributed by atoms with Crippen LogP contribution in [-0.4, -0.2) is 25.9 Å². The van der Waals surface area contributed by atoms with Crippen LogP contribution in [0.5, 0.6) is 0 Å². The van der Waals surface area contributed by atoms with Crippen LogP contribution in [0.25, 0.3) is 33.2 Å². The molecule has 29 heavy (non-hydrogen) atoms. The van der Waals surface area contributed by atoms with Crippen molar-refractivity contribution in [2.45, 2.75) is 6.73 Å². The third-order valence-electron chi connectivity index (χ3n) is 4.74. The minimum atomic E-state index is -0.430. The Morgan fingerprint density at radius 1 is 0.862 bits per heavy atom. The van der Waals surface area contributed by atoms with Gasteiger partial charge in [0, 0.05) is 10.9 Å². The number of ether oxygens (including phenoxy) is 1. The van der Waals surface area contributed by atoms with Crippen LogP contribution in [0.3, 0.4) is 0 Å². The van der Waals surface area contributed by atoms with E-state index < -0.39 is 5.97 Å². The van der Waals surface area contributed by atoms with Gasteiger partial charge in [-0.1, -0.05) is 65.9 Å². The van der Waals surface area contributed by atoms with Gasteiger partial charge in [0.25, 0.3) is 0 Å². The van der Waals surface area contributed by atoms with Crippen LogP contribution in [0.1, 0.15) is 10.4 Å². The molecule has 0 unspecified atom stereocenters. The summed E-state index contributed by atoms with van der Waals surface area (Å²) in [6, 6.07) is 26.6. The van der Waals surface area contributed by atoms with Gasteiger partial charge in [0.1, 0.15) is 5.52 Å². The lowest BCUT2D eigenvalue weighted by Gasteiger charge is -2.10. The monoisotopic (exact) mass is 380 g/mol. The second kappa shape index (κ2) is 7.16. The first-order chi connectivity index (χ1) is 14.3. The van der Waals surface area contributed by atoms with E-state index in [0.717, 1.165) is 33.2 Å². The fraction of sp³-hybridized carbons (Fsp3) is 0.0435. The van der Waals surface area contributed by atoms with Crippen LogP contribution in [0.2, 0.25) is 0 Å². The molecular weight excluding hydrogens is 364 g/mol. The van der Waals surface area contributed by atoms with Crippen LogP contribution in [-0.2, 0) is 11.5 Å². The molecule has 0 spiro atoms. The van der Waals surface area contributed by atoms with Crippen molar-refractivity contribution in [2.75, 3.05) is 0 Å². The number of aromatic nitrogens is 4. The maximum Gasteiger partial charge on any atom is 0.340 e. The van der Waals surface area contributed by atoms with E-state index in [2.05, 4.69) is 10.3 Å². The first-order valence-electron chi connectivity index (χ1n) is 9.20. The van der Waals surface area contributed by atoms with E-state index in [-0.39, 0.29) is 6.73 Å². The van der Waals surface area contributed by atoms with E-state index in [9.17, 15) is 4.79 Å². The van der Waals surface area contributed by atoms with Gasteiger partial charge >= 0.3 is 5.97 Å². The van der Waals surface area contributed by atoms with E-state index in [4.69, 9.17) is 9.72 Å². The summed E-state index contributed by atoms with van der Waals surface area (Å²) in [4.78, 5) is 17.7. The summed E-state index contributed by atoms with van der Waals surface area (Å²) in [5.41, 5.74) is 4.44. The molecule has 2 aromatic heterocycles. The number of pyridine rings is 1. The zero-order valence-electron chi connectivity index (χ0n) is 15.4. The fourth-order valence-corrected chi connectivity index (χ4v) is 3.31. The third kappa shape index (κ3) is 3.21. The molecule has 2 heterocycles. The van der Waals surface area contributed by atoms with Crippen LogP contribution in [0, 0.1) is 0 Å². The van der Waals surface area contributed by atoms with Gasteiger partial charge in [-0.15, -0.1) is 5.10 Å². The first-order valence-corrected chi connectivity index (χ1v) is 9.20. The van der Waals surface area contributed by atoms with Crippen molar-refractivity contribution in [3.63, 3.8) is 0 Å². The summed E-state index contributed by atoms with van der Waals surface area (Å²) >= 11 is 0. The lowest BCUT2D eigenvalue weighted by Crippen LogP contribution is -2.12. The van der Waals surface area contributed by atoms with Gasteiger partial charge in [0.05, 0.1) is 22.3 Å². The zero-order valence-corrected chi connectivity index (χ0v) is 15.4. The Labute approximate surface area is 166 Å². The van der Waals surface area contributed by atoms with E-state index in [1.807, 2.05) is 78.9 Å². The highest BCUT2D eigenvalue weighted by atomic mass is 16.5. The van der Waals surface area contributed by atoms with E-state index in [1.165, 1.54) is 0 Å². The van der Waals surface area contributed by atoms with Crippen molar-refractivity contribution < 1.29 is 9.53 Å². The Bertz CT molecular complexity index is 1330.